The first-order valence-corrected chi connectivity index (χ1v) is 9.87. The van der Waals surface area contributed by atoms with Gasteiger partial charge in [-0.3, -0.25) is 9.59 Å². The van der Waals surface area contributed by atoms with Gasteiger partial charge in [0.15, 0.2) is 0 Å². The van der Waals surface area contributed by atoms with Gasteiger partial charge in [-0.05, 0) is 61.2 Å². The van der Waals surface area contributed by atoms with Crippen LogP contribution in [0.25, 0.3) is 5.76 Å². The van der Waals surface area contributed by atoms with Crippen molar-refractivity contribution >= 4 is 29.1 Å². The number of carbonyl (C=O) groups excluding carboxylic acids is 2. The molecule has 1 fully saturated rings. The molecule has 1 N–H and O–H groups in total. The zero-order chi connectivity index (χ0) is 21.3. The minimum atomic E-state index is -0.677. The number of amides is 1. The highest BCUT2D eigenvalue weighted by atomic mass is 35.5. The molecule has 152 valence electrons. The number of Topliss-reactive ketones (excluding diaryl/α,β-unsaturated/α-hetero) is 1. The average molecular weight is 414 g/mol. The summed E-state index contributed by atoms with van der Waals surface area (Å²) in [6.45, 7) is 6.04. The molecule has 0 radical (unpaired) electrons. The lowest BCUT2D eigenvalue weighted by atomic mass is 9.93. The molecule has 1 aliphatic heterocycles. The van der Waals surface area contributed by atoms with Crippen LogP contribution in [0.15, 0.2) is 42.0 Å². The van der Waals surface area contributed by atoms with Crippen LogP contribution in [0.4, 0.5) is 0 Å². The van der Waals surface area contributed by atoms with E-state index in [1.54, 1.807) is 37.4 Å². The Morgan fingerprint density at radius 2 is 1.79 bits per heavy atom. The second kappa shape index (κ2) is 8.29. The first-order valence-electron chi connectivity index (χ1n) is 9.49. The number of aryl methyl sites for hydroxylation is 2. The van der Waals surface area contributed by atoms with E-state index in [-0.39, 0.29) is 11.3 Å². The molecule has 5 nitrogen and oxygen atoms in total. The fourth-order valence-electron chi connectivity index (χ4n) is 3.75. The van der Waals surface area contributed by atoms with E-state index in [2.05, 4.69) is 0 Å². The van der Waals surface area contributed by atoms with Crippen molar-refractivity contribution in [3.63, 3.8) is 0 Å². The van der Waals surface area contributed by atoms with Gasteiger partial charge in [-0.15, -0.1) is 0 Å². The monoisotopic (exact) mass is 413 g/mol. The van der Waals surface area contributed by atoms with Gasteiger partial charge in [0.2, 0.25) is 0 Å². The highest BCUT2D eigenvalue weighted by molar-refractivity contribution is 6.46. The summed E-state index contributed by atoms with van der Waals surface area (Å²) >= 11 is 6.01. The molecule has 2 aromatic rings. The van der Waals surface area contributed by atoms with Gasteiger partial charge in [-0.1, -0.05) is 30.7 Å². The van der Waals surface area contributed by atoms with Crippen molar-refractivity contribution in [3.05, 3.63) is 69.2 Å². The van der Waals surface area contributed by atoms with Crippen LogP contribution >= 0.6 is 11.6 Å². The van der Waals surface area contributed by atoms with E-state index in [1.165, 1.54) is 4.90 Å². The number of methoxy groups -OCH3 is 1. The Morgan fingerprint density at radius 3 is 2.38 bits per heavy atom. The summed E-state index contributed by atoms with van der Waals surface area (Å²) in [6.07, 6.45) is 0.692. The predicted octanol–water partition coefficient (Wildman–Crippen LogP) is 4.80. The third kappa shape index (κ3) is 3.75. The molecule has 2 aromatic carbocycles. The lowest BCUT2D eigenvalue weighted by molar-refractivity contribution is -0.139. The summed E-state index contributed by atoms with van der Waals surface area (Å²) in [4.78, 5) is 27.2. The number of hydrogen-bond acceptors (Lipinski definition) is 4. The van der Waals surface area contributed by atoms with Gasteiger partial charge in [0, 0.05) is 17.1 Å². The molecule has 0 aromatic heterocycles. The number of halogens is 1. The molecule has 6 heteroatoms. The molecule has 1 saturated heterocycles. The average Bonchev–Trinajstić information content (AvgIpc) is 2.95. The third-order valence-electron chi connectivity index (χ3n) is 5.19. The number of aliphatic hydroxyl groups excluding tert-OH is 1. The fourth-order valence-corrected chi connectivity index (χ4v) is 3.88. The topological polar surface area (TPSA) is 66.8 Å². The van der Waals surface area contributed by atoms with E-state index in [4.69, 9.17) is 16.3 Å². The Morgan fingerprint density at radius 1 is 1.14 bits per heavy atom. The number of hydrogen-bond donors (Lipinski definition) is 1. The smallest absolute Gasteiger partial charge is 0.295 e. The quantitative estimate of drug-likeness (QED) is 0.434. The van der Waals surface area contributed by atoms with Crippen LogP contribution in [-0.4, -0.2) is 35.4 Å². The van der Waals surface area contributed by atoms with Crippen LogP contribution in [0, 0.1) is 13.8 Å². The molecular weight excluding hydrogens is 390 g/mol. The Bertz CT molecular complexity index is 995. The highest BCUT2D eigenvalue weighted by Crippen LogP contribution is 2.40. The number of aliphatic hydroxyl groups is 1. The summed E-state index contributed by atoms with van der Waals surface area (Å²) < 4.78 is 5.34. The van der Waals surface area contributed by atoms with Crippen LogP contribution in [0.5, 0.6) is 5.75 Å². The number of nitrogens with zero attached hydrogens (tertiary/aromatic N) is 1. The van der Waals surface area contributed by atoms with Crippen LogP contribution in [0.1, 0.15) is 41.6 Å². The standard InChI is InChI=1S/C23H24ClNO4/c1-5-10-25-20(15-6-8-16(24)9-7-15)19(22(27)23(25)28)21(26)17-11-14(3)18(29-4)12-13(17)2/h6-9,11-12,20,26H,5,10H2,1-4H3/b21-19+. The van der Waals surface area contributed by atoms with Crippen molar-refractivity contribution in [2.24, 2.45) is 0 Å². The summed E-state index contributed by atoms with van der Waals surface area (Å²) in [6, 6.07) is 9.91. The molecular formula is C23H24ClNO4. The Kier molecular flexibility index (Phi) is 5.99. The maximum absolute atomic E-state index is 12.9. The first-order chi connectivity index (χ1) is 13.8. The van der Waals surface area contributed by atoms with Crippen molar-refractivity contribution in [1.29, 1.82) is 0 Å². The number of benzene rings is 2. The SMILES string of the molecule is CCCN1C(=O)C(=O)/C(=C(/O)c2cc(C)c(OC)cc2C)C1c1ccc(Cl)cc1. The van der Waals surface area contributed by atoms with Crippen LogP contribution in [0.3, 0.4) is 0 Å². The molecule has 3 rings (SSSR count). The van der Waals surface area contributed by atoms with Gasteiger partial charge in [-0.2, -0.15) is 0 Å². The van der Waals surface area contributed by atoms with E-state index in [1.807, 2.05) is 26.8 Å². The van der Waals surface area contributed by atoms with Crippen molar-refractivity contribution < 1.29 is 19.4 Å². The second-order valence-electron chi connectivity index (χ2n) is 7.18. The van der Waals surface area contributed by atoms with Crippen molar-refractivity contribution in [3.8, 4) is 5.75 Å². The van der Waals surface area contributed by atoms with Gasteiger partial charge < -0.3 is 14.7 Å². The molecule has 1 unspecified atom stereocenters. The van der Waals surface area contributed by atoms with Crippen molar-refractivity contribution in [2.45, 2.75) is 33.2 Å². The molecule has 0 saturated carbocycles. The second-order valence-corrected chi connectivity index (χ2v) is 7.62. The molecule has 1 atom stereocenters. The lowest BCUT2D eigenvalue weighted by Crippen LogP contribution is -2.30. The van der Waals surface area contributed by atoms with E-state index in [9.17, 15) is 14.7 Å². The molecule has 0 aliphatic carbocycles. The van der Waals surface area contributed by atoms with E-state index in [0.29, 0.717) is 29.3 Å². The molecule has 29 heavy (non-hydrogen) atoms. The summed E-state index contributed by atoms with van der Waals surface area (Å²) in [5, 5.41) is 11.7. The number of carbonyl (C=O) groups is 2. The van der Waals surface area contributed by atoms with E-state index in [0.717, 1.165) is 16.7 Å². The number of ketones is 1. The Balaban J connectivity index is 2.23. The van der Waals surface area contributed by atoms with Crippen LogP contribution < -0.4 is 4.74 Å². The maximum Gasteiger partial charge on any atom is 0.295 e. The largest absolute Gasteiger partial charge is 0.507 e. The Labute approximate surface area is 175 Å². The molecule has 1 heterocycles. The first kappa shape index (κ1) is 20.9. The third-order valence-corrected chi connectivity index (χ3v) is 5.44. The van der Waals surface area contributed by atoms with Gasteiger partial charge >= 0.3 is 0 Å². The molecule has 0 bridgehead atoms. The van der Waals surface area contributed by atoms with Gasteiger partial charge in [0.1, 0.15) is 11.5 Å². The van der Waals surface area contributed by atoms with Crippen LogP contribution in [-0.2, 0) is 9.59 Å². The van der Waals surface area contributed by atoms with Gasteiger partial charge in [0.25, 0.3) is 11.7 Å². The highest BCUT2D eigenvalue weighted by Gasteiger charge is 2.45. The minimum Gasteiger partial charge on any atom is -0.507 e. The zero-order valence-electron chi connectivity index (χ0n) is 17.0. The summed E-state index contributed by atoms with van der Waals surface area (Å²) in [7, 11) is 1.58. The van der Waals surface area contributed by atoms with E-state index < -0.39 is 17.7 Å². The molecule has 1 aliphatic rings. The van der Waals surface area contributed by atoms with Crippen LogP contribution in [0.2, 0.25) is 5.02 Å². The fraction of sp³-hybridized carbons (Fsp3) is 0.304. The van der Waals surface area contributed by atoms with Gasteiger partial charge in [-0.25, -0.2) is 0 Å². The summed E-state index contributed by atoms with van der Waals surface area (Å²) in [5.74, 6) is -0.759. The number of rotatable bonds is 5. The van der Waals surface area contributed by atoms with Crippen molar-refractivity contribution in [1.82, 2.24) is 4.90 Å². The number of likely N-dealkylation sites (tertiary alicyclic amines) is 1. The zero-order valence-corrected chi connectivity index (χ0v) is 17.7. The maximum atomic E-state index is 12.9. The van der Waals surface area contributed by atoms with Crippen molar-refractivity contribution in [2.75, 3.05) is 13.7 Å². The van der Waals surface area contributed by atoms with Gasteiger partial charge in [0.05, 0.1) is 18.7 Å². The Hall–Kier alpha value is -2.79. The summed E-state index contributed by atoms with van der Waals surface area (Å²) in [5.41, 5.74) is 2.91. The normalized spacial score (nSPS) is 18.4. The predicted molar refractivity (Wildman–Crippen MR) is 113 cm³/mol. The molecule has 1 amide bonds. The number of ether oxygens (including phenoxy) is 1. The lowest BCUT2D eigenvalue weighted by Gasteiger charge is -2.25. The molecule has 0 spiro atoms. The van der Waals surface area contributed by atoms with E-state index >= 15 is 0 Å². The minimum absolute atomic E-state index is 0.0958.